The first kappa shape index (κ1) is 19.5. The van der Waals surface area contributed by atoms with E-state index in [0.717, 1.165) is 5.56 Å². The predicted octanol–water partition coefficient (Wildman–Crippen LogP) is 3.33. The minimum absolute atomic E-state index is 0.162. The van der Waals surface area contributed by atoms with Gasteiger partial charge >= 0.3 is 0 Å². The second-order valence-electron chi connectivity index (χ2n) is 6.42. The molecule has 1 N–H and O–H groups in total. The summed E-state index contributed by atoms with van der Waals surface area (Å²) in [6, 6.07) is 7.13. The Morgan fingerprint density at radius 1 is 1.34 bits per heavy atom. The molecule has 1 fully saturated rings. The molecule has 2 amide bonds. The molecule has 150 valence electrons. The Bertz CT molecular complexity index is 1020. The second kappa shape index (κ2) is 8.26. The van der Waals surface area contributed by atoms with Crippen molar-refractivity contribution in [3.05, 3.63) is 40.5 Å². The Balaban J connectivity index is 1.33. The van der Waals surface area contributed by atoms with E-state index in [1.165, 1.54) is 16.7 Å². The second-order valence-corrected chi connectivity index (χ2v) is 8.10. The number of aryl methyl sites for hydroxylation is 1. The number of carbonyl (C=O) groups excluding carboxylic acids is 2. The molecular formula is C19H17N3O5S2. The summed E-state index contributed by atoms with van der Waals surface area (Å²) in [7, 11) is 0. The van der Waals surface area contributed by atoms with E-state index in [1.807, 2.05) is 18.2 Å². The summed E-state index contributed by atoms with van der Waals surface area (Å²) in [5, 5.41) is 6.37. The van der Waals surface area contributed by atoms with E-state index in [1.54, 1.807) is 19.1 Å². The molecule has 1 saturated heterocycles. The number of nitrogens with zero attached hydrogens (tertiary/aromatic N) is 2. The van der Waals surface area contributed by atoms with E-state index < -0.39 is 0 Å². The molecular weight excluding hydrogens is 414 g/mol. The number of carbonyl (C=O) groups is 2. The summed E-state index contributed by atoms with van der Waals surface area (Å²) in [6.07, 6.45) is 2.50. The molecule has 0 unspecified atom stereocenters. The third-order valence-electron chi connectivity index (χ3n) is 4.25. The van der Waals surface area contributed by atoms with Gasteiger partial charge in [-0.25, -0.2) is 0 Å². The number of hydrogen-bond acceptors (Lipinski definition) is 8. The first-order valence-electron chi connectivity index (χ1n) is 8.88. The van der Waals surface area contributed by atoms with Crippen LogP contribution in [0.15, 0.2) is 33.7 Å². The fraction of sp³-hybridized carbons (Fsp3) is 0.263. The molecule has 0 radical (unpaired) electrons. The van der Waals surface area contributed by atoms with E-state index in [2.05, 4.69) is 10.5 Å². The lowest BCUT2D eigenvalue weighted by atomic mass is 10.2. The van der Waals surface area contributed by atoms with Gasteiger partial charge in [0.15, 0.2) is 17.3 Å². The summed E-state index contributed by atoms with van der Waals surface area (Å²) < 4.78 is 16.0. The smallest absolute Gasteiger partial charge is 0.266 e. The van der Waals surface area contributed by atoms with Crippen molar-refractivity contribution in [1.82, 2.24) is 10.1 Å². The number of aromatic nitrogens is 1. The van der Waals surface area contributed by atoms with Crippen LogP contribution in [-0.2, 0) is 9.59 Å². The fourth-order valence-corrected chi connectivity index (χ4v) is 4.18. The van der Waals surface area contributed by atoms with Crippen LogP contribution in [0.4, 0.5) is 5.82 Å². The van der Waals surface area contributed by atoms with Crippen LogP contribution in [0.5, 0.6) is 11.5 Å². The van der Waals surface area contributed by atoms with Gasteiger partial charge in [0.25, 0.3) is 5.91 Å². The third-order valence-corrected chi connectivity index (χ3v) is 5.63. The standard InChI is InChI=1S/C19H17N3O5S2/c1-11-7-16(21-27-11)20-17(23)3-2-6-22-18(24)15(29-19(22)28)9-12-4-5-13-14(8-12)26-10-25-13/h4-5,7-9H,2-3,6,10H2,1H3,(H,20,21,23). The van der Waals surface area contributed by atoms with Crippen LogP contribution in [-0.4, -0.2) is 39.5 Å². The van der Waals surface area contributed by atoms with Gasteiger partial charge < -0.3 is 19.3 Å². The topological polar surface area (TPSA) is 93.9 Å². The minimum Gasteiger partial charge on any atom is -0.454 e. The summed E-state index contributed by atoms with van der Waals surface area (Å²) in [5.74, 6) is 1.98. The van der Waals surface area contributed by atoms with Gasteiger partial charge in [-0.1, -0.05) is 35.2 Å². The van der Waals surface area contributed by atoms with Crippen molar-refractivity contribution in [2.45, 2.75) is 19.8 Å². The van der Waals surface area contributed by atoms with E-state index in [0.29, 0.717) is 45.3 Å². The Labute approximate surface area is 176 Å². The van der Waals surface area contributed by atoms with Crippen LogP contribution in [0.3, 0.4) is 0 Å². The molecule has 8 nitrogen and oxygen atoms in total. The Hall–Kier alpha value is -2.85. The maximum Gasteiger partial charge on any atom is 0.266 e. The maximum atomic E-state index is 12.7. The predicted molar refractivity (Wildman–Crippen MR) is 112 cm³/mol. The van der Waals surface area contributed by atoms with E-state index in [9.17, 15) is 9.59 Å². The SMILES string of the molecule is Cc1cc(NC(=O)CCCN2C(=O)C(=Cc3ccc4c(c3)OCO4)SC2=S)no1. The molecule has 4 rings (SSSR count). The molecule has 0 spiro atoms. The van der Waals surface area contributed by atoms with Crippen LogP contribution in [0.1, 0.15) is 24.2 Å². The van der Waals surface area contributed by atoms with Gasteiger partial charge in [0.05, 0.1) is 4.91 Å². The van der Waals surface area contributed by atoms with Gasteiger partial charge in [-0.05, 0) is 37.1 Å². The third kappa shape index (κ3) is 4.43. The van der Waals surface area contributed by atoms with Crippen molar-refractivity contribution in [1.29, 1.82) is 0 Å². The highest BCUT2D eigenvalue weighted by atomic mass is 32.2. The number of hydrogen-bond donors (Lipinski definition) is 1. The highest BCUT2D eigenvalue weighted by molar-refractivity contribution is 8.26. The first-order valence-corrected chi connectivity index (χ1v) is 10.1. The highest BCUT2D eigenvalue weighted by Crippen LogP contribution is 2.36. The number of benzene rings is 1. The Kier molecular flexibility index (Phi) is 5.54. The van der Waals surface area contributed by atoms with E-state index in [-0.39, 0.29) is 25.0 Å². The monoisotopic (exact) mass is 431 g/mol. The number of thiocarbonyl (C=S) groups is 1. The number of fused-ring (bicyclic) bond motifs is 1. The molecule has 1 aromatic carbocycles. The fourth-order valence-electron chi connectivity index (χ4n) is 2.88. The van der Waals surface area contributed by atoms with Gasteiger partial charge in [-0.3, -0.25) is 14.5 Å². The molecule has 2 aromatic rings. The zero-order valence-corrected chi connectivity index (χ0v) is 17.1. The minimum atomic E-state index is -0.195. The van der Waals surface area contributed by atoms with Gasteiger partial charge in [0.2, 0.25) is 12.7 Å². The molecule has 3 heterocycles. The maximum absolute atomic E-state index is 12.7. The lowest BCUT2D eigenvalue weighted by Gasteiger charge is -2.13. The zero-order valence-electron chi connectivity index (χ0n) is 15.5. The summed E-state index contributed by atoms with van der Waals surface area (Å²) in [4.78, 5) is 26.7. The van der Waals surface area contributed by atoms with Crippen LogP contribution in [0, 0.1) is 6.92 Å². The van der Waals surface area contributed by atoms with E-state index >= 15 is 0 Å². The van der Waals surface area contributed by atoms with Crippen LogP contribution in [0.2, 0.25) is 0 Å². The lowest BCUT2D eigenvalue weighted by Crippen LogP contribution is -2.29. The summed E-state index contributed by atoms with van der Waals surface area (Å²) in [5.41, 5.74) is 0.831. The van der Waals surface area contributed by atoms with Gasteiger partial charge in [0.1, 0.15) is 10.1 Å². The largest absolute Gasteiger partial charge is 0.454 e. The van der Waals surface area contributed by atoms with Crippen LogP contribution < -0.4 is 14.8 Å². The van der Waals surface area contributed by atoms with Gasteiger partial charge in [-0.2, -0.15) is 0 Å². The highest BCUT2D eigenvalue weighted by Gasteiger charge is 2.31. The molecule has 0 atom stereocenters. The van der Waals surface area contributed by atoms with Crippen molar-refractivity contribution in [3.8, 4) is 11.5 Å². The van der Waals surface area contributed by atoms with Crippen molar-refractivity contribution in [2.75, 3.05) is 18.7 Å². The number of anilines is 1. The Morgan fingerprint density at radius 2 is 2.17 bits per heavy atom. The Morgan fingerprint density at radius 3 is 2.97 bits per heavy atom. The molecule has 1 aromatic heterocycles. The van der Waals surface area contributed by atoms with Crippen molar-refractivity contribution >= 4 is 52.0 Å². The molecule has 2 aliphatic heterocycles. The number of thioether (sulfide) groups is 1. The summed E-state index contributed by atoms with van der Waals surface area (Å²) >= 11 is 6.58. The number of amides is 2. The first-order chi connectivity index (χ1) is 14.0. The van der Waals surface area contributed by atoms with E-state index in [4.69, 9.17) is 26.2 Å². The number of nitrogens with one attached hydrogen (secondary N) is 1. The zero-order chi connectivity index (χ0) is 20.4. The average Bonchev–Trinajstić information content (AvgIpc) is 3.37. The van der Waals surface area contributed by atoms with Crippen molar-refractivity contribution in [2.24, 2.45) is 0 Å². The molecule has 0 bridgehead atoms. The number of ether oxygens (including phenoxy) is 2. The van der Waals surface area contributed by atoms with Crippen LogP contribution in [0.25, 0.3) is 6.08 Å². The van der Waals surface area contributed by atoms with Crippen molar-refractivity contribution < 1.29 is 23.6 Å². The lowest BCUT2D eigenvalue weighted by molar-refractivity contribution is -0.122. The quantitative estimate of drug-likeness (QED) is 0.550. The molecule has 0 aliphatic carbocycles. The average molecular weight is 431 g/mol. The molecule has 29 heavy (non-hydrogen) atoms. The number of rotatable bonds is 6. The molecule has 10 heteroatoms. The molecule has 0 saturated carbocycles. The normalized spacial score (nSPS) is 16.7. The van der Waals surface area contributed by atoms with Crippen molar-refractivity contribution in [3.63, 3.8) is 0 Å². The summed E-state index contributed by atoms with van der Waals surface area (Å²) in [6.45, 7) is 2.31. The van der Waals surface area contributed by atoms with Crippen LogP contribution >= 0.6 is 24.0 Å². The molecule has 2 aliphatic rings. The van der Waals surface area contributed by atoms with Gasteiger partial charge in [-0.15, -0.1) is 0 Å². The van der Waals surface area contributed by atoms with Gasteiger partial charge in [0, 0.05) is 19.0 Å².